The first-order valence-electron chi connectivity index (χ1n) is 8.23. The summed E-state index contributed by atoms with van der Waals surface area (Å²) >= 11 is 1.83. The third-order valence-electron chi connectivity index (χ3n) is 4.95. The summed E-state index contributed by atoms with van der Waals surface area (Å²) < 4.78 is 0. The Kier molecular flexibility index (Phi) is 5.27. The van der Waals surface area contributed by atoms with E-state index in [4.69, 9.17) is 0 Å². The molecule has 5 heteroatoms. The van der Waals surface area contributed by atoms with Crippen molar-refractivity contribution in [3.8, 4) is 0 Å². The molecule has 0 spiro atoms. The van der Waals surface area contributed by atoms with Crippen LogP contribution in [0.15, 0.2) is 6.20 Å². The Bertz CT molecular complexity index is 442. The summed E-state index contributed by atoms with van der Waals surface area (Å²) in [5, 5.41) is 10.4. The molecule has 0 saturated carbocycles. The topological polar surface area (TPSA) is 39.6 Å². The average Bonchev–Trinajstić information content (AvgIpc) is 2.93. The fourth-order valence-corrected chi connectivity index (χ4v) is 4.51. The van der Waals surface area contributed by atoms with Crippen LogP contribution in [0.25, 0.3) is 0 Å². The van der Waals surface area contributed by atoms with Crippen molar-refractivity contribution in [1.82, 2.24) is 14.8 Å². The lowest BCUT2D eigenvalue weighted by molar-refractivity contribution is 0.0547. The van der Waals surface area contributed by atoms with Gasteiger partial charge in [0.1, 0.15) is 0 Å². The molecule has 2 aliphatic heterocycles. The van der Waals surface area contributed by atoms with Gasteiger partial charge in [-0.05, 0) is 58.2 Å². The maximum atomic E-state index is 9.26. The molecule has 3 heterocycles. The molecule has 0 bridgehead atoms. The van der Waals surface area contributed by atoms with Gasteiger partial charge in [-0.3, -0.25) is 9.80 Å². The number of hydrogen-bond donors (Lipinski definition) is 1. The zero-order valence-electron chi connectivity index (χ0n) is 13.0. The smallest absolute Gasteiger partial charge is 0.0897 e. The van der Waals surface area contributed by atoms with Gasteiger partial charge in [0, 0.05) is 36.8 Å². The van der Waals surface area contributed by atoms with Crippen LogP contribution in [0.3, 0.4) is 0 Å². The summed E-state index contributed by atoms with van der Waals surface area (Å²) in [7, 11) is 0. The largest absolute Gasteiger partial charge is 0.396 e. The summed E-state index contributed by atoms with van der Waals surface area (Å²) in [4.78, 5) is 11.0. The second-order valence-electron chi connectivity index (χ2n) is 6.54. The van der Waals surface area contributed by atoms with E-state index in [-0.39, 0.29) is 0 Å². The summed E-state index contributed by atoms with van der Waals surface area (Å²) in [6.07, 6.45) is 7.02. The Labute approximate surface area is 131 Å². The van der Waals surface area contributed by atoms with Crippen molar-refractivity contribution in [2.75, 3.05) is 32.8 Å². The maximum absolute atomic E-state index is 9.26. The first-order valence-corrected chi connectivity index (χ1v) is 9.05. The molecule has 3 rings (SSSR count). The van der Waals surface area contributed by atoms with Crippen molar-refractivity contribution in [3.05, 3.63) is 16.1 Å². The molecule has 1 N–H and O–H groups in total. The van der Waals surface area contributed by atoms with Crippen LogP contribution in [0.1, 0.15) is 35.6 Å². The Hall–Kier alpha value is -0.490. The van der Waals surface area contributed by atoms with Crippen LogP contribution < -0.4 is 0 Å². The zero-order chi connectivity index (χ0) is 14.7. The van der Waals surface area contributed by atoms with Gasteiger partial charge < -0.3 is 5.11 Å². The second kappa shape index (κ2) is 7.18. The number of aliphatic hydroxyl groups excluding tert-OH is 1. The SMILES string of the molecule is Cc1ncc(CN2CCCC(N3CCC(CO)CC3)C2)s1. The number of aliphatic hydroxyl groups is 1. The van der Waals surface area contributed by atoms with Crippen LogP contribution in [0.4, 0.5) is 0 Å². The quantitative estimate of drug-likeness (QED) is 0.925. The standard InChI is InChI=1S/C16H27N3OS/c1-13-17-9-16(21-13)11-18-6-2-3-15(10-18)19-7-4-14(12-20)5-8-19/h9,14-15,20H,2-8,10-12H2,1H3. The van der Waals surface area contributed by atoms with Gasteiger partial charge in [-0.25, -0.2) is 4.98 Å². The number of thiazole rings is 1. The number of aryl methyl sites for hydroxylation is 1. The zero-order valence-corrected chi connectivity index (χ0v) is 13.8. The highest BCUT2D eigenvalue weighted by Crippen LogP contribution is 2.24. The first kappa shape index (κ1) is 15.4. The third kappa shape index (κ3) is 4.03. The van der Waals surface area contributed by atoms with E-state index in [0.717, 1.165) is 6.54 Å². The first-order chi connectivity index (χ1) is 10.2. The number of piperidine rings is 2. The summed E-state index contributed by atoms with van der Waals surface area (Å²) in [5.74, 6) is 0.543. The molecule has 2 saturated heterocycles. The van der Waals surface area contributed by atoms with Gasteiger partial charge in [-0.1, -0.05) is 0 Å². The fraction of sp³-hybridized carbons (Fsp3) is 0.812. The number of hydrogen-bond acceptors (Lipinski definition) is 5. The molecule has 1 unspecified atom stereocenters. The molecule has 0 amide bonds. The van der Waals surface area contributed by atoms with E-state index in [9.17, 15) is 5.11 Å². The molecule has 1 aromatic heterocycles. The molecular weight excluding hydrogens is 282 g/mol. The van der Waals surface area contributed by atoms with Crippen LogP contribution in [0.2, 0.25) is 0 Å². The van der Waals surface area contributed by atoms with E-state index in [0.29, 0.717) is 18.6 Å². The van der Waals surface area contributed by atoms with Gasteiger partial charge in [-0.2, -0.15) is 0 Å². The minimum atomic E-state index is 0.370. The second-order valence-corrected chi connectivity index (χ2v) is 7.86. The number of likely N-dealkylation sites (tertiary alicyclic amines) is 2. The molecule has 0 aromatic carbocycles. The van der Waals surface area contributed by atoms with Crippen molar-refractivity contribution >= 4 is 11.3 Å². The van der Waals surface area contributed by atoms with Crippen LogP contribution >= 0.6 is 11.3 Å². The fourth-order valence-electron chi connectivity index (χ4n) is 3.67. The molecule has 118 valence electrons. The Morgan fingerprint density at radius 3 is 2.76 bits per heavy atom. The summed E-state index contributed by atoms with van der Waals surface area (Å²) in [5.41, 5.74) is 0. The van der Waals surface area contributed by atoms with Crippen LogP contribution in [-0.2, 0) is 6.54 Å². The molecule has 2 fully saturated rings. The van der Waals surface area contributed by atoms with Crippen molar-refractivity contribution in [2.45, 2.75) is 45.2 Å². The highest BCUT2D eigenvalue weighted by Gasteiger charge is 2.28. The lowest BCUT2D eigenvalue weighted by Crippen LogP contribution is -2.50. The number of aromatic nitrogens is 1. The Balaban J connectivity index is 1.51. The van der Waals surface area contributed by atoms with E-state index in [1.54, 1.807) is 0 Å². The van der Waals surface area contributed by atoms with Gasteiger partial charge in [0.2, 0.25) is 0 Å². The van der Waals surface area contributed by atoms with E-state index in [2.05, 4.69) is 21.7 Å². The molecule has 21 heavy (non-hydrogen) atoms. The van der Waals surface area contributed by atoms with Crippen LogP contribution in [0.5, 0.6) is 0 Å². The minimum Gasteiger partial charge on any atom is -0.396 e. The molecule has 2 aliphatic rings. The summed E-state index contributed by atoms with van der Waals surface area (Å²) in [6.45, 7) is 8.27. The molecule has 1 aromatic rings. The van der Waals surface area contributed by atoms with Gasteiger partial charge in [0.15, 0.2) is 0 Å². The number of nitrogens with zero attached hydrogens (tertiary/aromatic N) is 3. The van der Waals surface area contributed by atoms with Gasteiger partial charge >= 0.3 is 0 Å². The van der Waals surface area contributed by atoms with Crippen molar-refractivity contribution in [1.29, 1.82) is 0 Å². The van der Waals surface area contributed by atoms with E-state index in [1.165, 1.54) is 61.7 Å². The highest BCUT2D eigenvalue weighted by atomic mass is 32.1. The predicted octanol–water partition coefficient (Wildman–Crippen LogP) is 2.12. The van der Waals surface area contributed by atoms with Crippen LogP contribution in [-0.4, -0.2) is 58.7 Å². The maximum Gasteiger partial charge on any atom is 0.0897 e. The van der Waals surface area contributed by atoms with E-state index in [1.807, 2.05) is 17.5 Å². The lowest BCUT2D eigenvalue weighted by atomic mass is 9.94. The third-order valence-corrected chi connectivity index (χ3v) is 5.85. The monoisotopic (exact) mass is 309 g/mol. The Morgan fingerprint density at radius 2 is 2.10 bits per heavy atom. The van der Waals surface area contributed by atoms with Gasteiger partial charge in [0.05, 0.1) is 5.01 Å². The van der Waals surface area contributed by atoms with Crippen molar-refractivity contribution in [2.24, 2.45) is 5.92 Å². The Morgan fingerprint density at radius 1 is 1.29 bits per heavy atom. The predicted molar refractivity (Wildman–Crippen MR) is 86.5 cm³/mol. The molecule has 0 aliphatic carbocycles. The molecular formula is C16H27N3OS. The van der Waals surface area contributed by atoms with E-state index >= 15 is 0 Å². The number of rotatable bonds is 4. The normalized spacial score (nSPS) is 26.3. The molecule has 4 nitrogen and oxygen atoms in total. The van der Waals surface area contributed by atoms with Gasteiger partial charge in [0.25, 0.3) is 0 Å². The highest BCUT2D eigenvalue weighted by molar-refractivity contribution is 7.11. The van der Waals surface area contributed by atoms with Crippen LogP contribution in [0, 0.1) is 12.8 Å². The molecule has 0 radical (unpaired) electrons. The van der Waals surface area contributed by atoms with Crippen molar-refractivity contribution < 1.29 is 5.11 Å². The lowest BCUT2D eigenvalue weighted by Gasteiger charge is -2.42. The average molecular weight is 309 g/mol. The minimum absolute atomic E-state index is 0.370. The summed E-state index contributed by atoms with van der Waals surface area (Å²) in [6, 6.07) is 0.715. The van der Waals surface area contributed by atoms with Gasteiger partial charge in [-0.15, -0.1) is 11.3 Å². The van der Waals surface area contributed by atoms with E-state index < -0.39 is 0 Å². The molecule has 1 atom stereocenters. The van der Waals surface area contributed by atoms with Crippen molar-refractivity contribution in [3.63, 3.8) is 0 Å².